The summed E-state index contributed by atoms with van der Waals surface area (Å²) in [6.07, 6.45) is -1.35. The maximum atomic E-state index is 11.7. The summed E-state index contributed by atoms with van der Waals surface area (Å²) in [6.45, 7) is 0. The SMILES string of the molecule is O=C(NC(=O)[C@H](O)c1ccccc1)c1ccccc1. The minimum absolute atomic E-state index is 0.371. The first-order valence-corrected chi connectivity index (χ1v) is 5.82. The Morgan fingerprint density at radius 2 is 1.42 bits per heavy atom. The van der Waals surface area contributed by atoms with Crippen LogP contribution in [0.5, 0.6) is 0 Å². The van der Waals surface area contributed by atoms with Gasteiger partial charge in [0.25, 0.3) is 11.8 Å². The summed E-state index contributed by atoms with van der Waals surface area (Å²) >= 11 is 0. The number of rotatable bonds is 3. The lowest BCUT2D eigenvalue weighted by Gasteiger charge is -2.10. The fraction of sp³-hybridized carbons (Fsp3) is 0.0667. The van der Waals surface area contributed by atoms with Gasteiger partial charge in [-0.2, -0.15) is 0 Å². The molecular formula is C15H13NO3. The van der Waals surface area contributed by atoms with E-state index in [0.29, 0.717) is 11.1 Å². The van der Waals surface area contributed by atoms with E-state index in [2.05, 4.69) is 5.32 Å². The number of aliphatic hydroxyl groups is 1. The van der Waals surface area contributed by atoms with E-state index in [0.717, 1.165) is 0 Å². The van der Waals surface area contributed by atoms with Crippen LogP contribution in [0.15, 0.2) is 60.7 Å². The lowest BCUT2D eigenvalue weighted by molar-refractivity contribution is -0.128. The lowest BCUT2D eigenvalue weighted by Crippen LogP contribution is -2.34. The van der Waals surface area contributed by atoms with Crippen molar-refractivity contribution >= 4 is 11.8 Å². The van der Waals surface area contributed by atoms with Gasteiger partial charge in [0.05, 0.1) is 0 Å². The van der Waals surface area contributed by atoms with Gasteiger partial charge in [0, 0.05) is 5.56 Å². The first-order valence-electron chi connectivity index (χ1n) is 5.82. The molecule has 2 aromatic rings. The molecule has 4 heteroatoms. The highest BCUT2D eigenvalue weighted by molar-refractivity contribution is 6.05. The van der Waals surface area contributed by atoms with Crippen LogP contribution in [0, 0.1) is 0 Å². The zero-order valence-corrected chi connectivity index (χ0v) is 10.1. The van der Waals surface area contributed by atoms with Crippen molar-refractivity contribution in [3.63, 3.8) is 0 Å². The molecule has 0 unspecified atom stereocenters. The first-order chi connectivity index (χ1) is 9.18. The number of amides is 2. The second-order valence-electron chi connectivity index (χ2n) is 4.00. The summed E-state index contributed by atoms with van der Waals surface area (Å²) in [5.41, 5.74) is 0.817. The molecule has 0 heterocycles. The number of hydrogen-bond acceptors (Lipinski definition) is 3. The Balaban J connectivity index is 2.04. The van der Waals surface area contributed by atoms with Gasteiger partial charge in [-0.15, -0.1) is 0 Å². The van der Waals surface area contributed by atoms with E-state index in [1.807, 2.05) is 0 Å². The maximum absolute atomic E-state index is 11.7. The van der Waals surface area contributed by atoms with Crippen molar-refractivity contribution < 1.29 is 14.7 Å². The van der Waals surface area contributed by atoms with Crippen LogP contribution >= 0.6 is 0 Å². The van der Waals surface area contributed by atoms with Gasteiger partial charge in [-0.25, -0.2) is 0 Å². The normalized spacial score (nSPS) is 11.6. The third kappa shape index (κ3) is 3.26. The van der Waals surface area contributed by atoms with Crippen LogP contribution in [0.4, 0.5) is 0 Å². The van der Waals surface area contributed by atoms with E-state index in [-0.39, 0.29) is 0 Å². The van der Waals surface area contributed by atoms with Crippen molar-refractivity contribution in [3.8, 4) is 0 Å². The summed E-state index contributed by atoms with van der Waals surface area (Å²) in [5.74, 6) is -1.26. The third-order valence-corrected chi connectivity index (χ3v) is 2.64. The van der Waals surface area contributed by atoms with Crippen molar-refractivity contribution in [2.24, 2.45) is 0 Å². The maximum Gasteiger partial charge on any atom is 0.260 e. The van der Waals surface area contributed by atoms with Gasteiger partial charge >= 0.3 is 0 Å². The molecule has 0 saturated carbocycles. The van der Waals surface area contributed by atoms with Crippen LogP contribution in [0.3, 0.4) is 0 Å². The molecule has 96 valence electrons. The summed E-state index contributed by atoms with van der Waals surface area (Å²) in [4.78, 5) is 23.5. The predicted molar refractivity (Wildman–Crippen MR) is 70.3 cm³/mol. The van der Waals surface area contributed by atoms with Crippen molar-refractivity contribution in [2.75, 3.05) is 0 Å². The Kier molecular flexibility index (Phi) is 4.05. The number of benzene rings is 2. The molecule has 0 aliphatic rings. The summed E-state index contributed by atoms with van der Waals surface area (Å²) in [5, 5.41) is 12.0. The third-order valence-electron chi connectivity index (χ3n) is 2.64. The van der Waals surface area contributed by atoms with Crippen molar-refractivity contribution in [3.05, 3.63) is 71.8 Å². The van der Waals surface area contributed by atoms with Crippen LogP contribution in [-0.2, 0) is 4.79 Å². The van der Waals surface area contributed by atoms with E-state index in [9.17, 15) is 14.7 Å². The predicted octanol–water partition coefficient (Wildman–Crippen LogP) is 1.68. The minimum Gasteiger partial charge on any atom is -0.378 e. The number of carbonyl (C=O) groups excluding carboxylic acids is 2. The lowest BCUT2D eigenvalue weighted by atomic mass is 10.1. The average molecular weight is 255 g/mol. The van der Waals surface area contributed by atoms with Gasteiger partial charge in [-0.3, -0.25) is 14.9 Å². The number of hydrogen-bond donors (Lipinski definition) is 2. The van der Waals surface area contributed by atoms with Gasteiger partial charge in [0.2, 0.25) is 0 Å². The van der Waals surface area contributed by atoms with E-state index in [1.165, 1.54) is 0 Å². The molecule has 1 atom stereocenters. The van der Waals surface area contributed by atoms with E-state index in [4.69, 9.17) is 0 Å². The second-order valence-corrected chi connectivity index (χ2v) is 4.00. The quantitative estimate of drug-likeness (QED) is 0.876. The van der Waals surface area contributed by atoms with E-state index in [1.54, 1.807) is 60.7 Å². The van der Waals surface area contributed by atoms with Crippen molar-refractivity contribution in [2.45, 2.75) is 6.10 Å². The smallest absolute Gasteiger partial charge is 0.260 e. The molecule has 2 amide bonds. The number of carbonyl (C=O) groups is 2. The molecule has 0 saturated heterocycles. The highest BCUT2D eigenvalue weighted by Crippen LogP contribution is 2.12. The molecular weight excluding hydrogens is 242 g/mol. The molecule has 0 fully saturated rings. The molecule has 0 aliphatic carbocycles. The van der Waals surface area contributed by atoms with E-state index < -0.39 is 17.9 Å². The molecule has 0 aliphatic heterocycles. The Hall–Kier alpha value is -2.46. The van der Waals surface area contributed by atoms with Crippen LogP contribution in [0.25, 0.3) is 0 Å². The highest BCUT2D eigenvalue weighted by atomic mass is 16.3. The number of imide groups is 1. The first kappa shape index (κ1) is 13.0. The topological polar surface area (TPSA) is 66.4 Å². The molecule has 2 rings (SSSR count). The summed E-state index contributed by atoms with van der Waals surface area (Å²) in [6, 6.07) is 16.8. The van der Waals surface area contributed by atoms with E-state index >= 15 is 0 Å². The van der Waals surface area contributed by atoms with Crippen molar-refractivity contribution in [1.82, 2.24) is 5.32 Å². The van der Waals surface area contributed by atoms with Crippen LogP contribution < -0.4 is 5.32 Å². The fourth-order valence-corrected chi connectivity index (χ4v) is 1.63. The largest absolute Gasteiger partial charge is 0.378 e. The molecule has 2 aromatic carbocycles. The van der Waals surface area contributed by atoms with Crippen LogP contribution in [0.1, 0.15) is 22.0 Å². The van der Waals surface area contributed by atoms with Crippen molar-refractivity contribution in [1.29, 1.82) is 0 Å². The number of aliphatic hydroxyl groups excluding tert-OH is 1. The van der Waals surface area contributed by atoms with Crippen LogP contribution in [0.2, 0.25) is 0 Å². The molecule has 0 spiro atoms. The average Bonchev–Trinajstić information content (AvgIpc) is 2.48. The minimum atomic E-state index is -1.35. The Morgan fingerprint density at radius 1 is 0.895 bits per heavy atom. The number of nitrogens with one attached hydrogen (secondary N) is 1. The zero-order chi connectivity index (χ0) is 13.7. The molecule has 4 nitrogen and oxygen atoms in total. The summed E-state index contributed by atoms with van der Waals surface area (Å²) in [7, 11) is 0. The van der Waals surface area contributed by atoms with Gasteiger partial charge in [-0.1, -0.05) is 48.5 Å². The van der Waals surface area contributed by atoms with Crippen LogP contribution in [-0.4, -0.2) is 16.9 Å². The Morgan fingerprint density at radius 3 is 2.00 bits per heavy atom. The molecule has 19 heavy (non-hydrogen) atoms. The zero-order valence-electron chi connectivity index (χ0n) is 10.1. The summed E-state index contributed by atoms with van der Waals surface area (Å²) < 4.78 is 0. The standard InChI is InChI=1S/C15H13NO3/c17-13(11-7-3-1-4-8-11)15(19)16-14(18)12-9-5-2-6-10-12/h1-10,13,17H,(H,16,18,19)/t13-/m1/s1. The van der Waals surface area contributed by atoms with Gasteiger partial charge in [0.15, 0.2) is 6.10 Å². The Labute approximate surface area is 110 Å². The highest BCUT2D eigenvalue weighted by Gasteiger charge is 2.19. The van der Waals surface area contributed by atoms with Gasteiger partial charge in [-0.05, 0) is 17.7 Å². The molecule has 0 aromatic heterocycles. The Bertz CT molecular complexity index is 566. The molecule has 2 N–H and O–H groups in total. The second kappa shape index (κ2) is 5.93. The molecule has 0 bridgehead atoms. The fourth-order valence-electron chi connectivity index (χ4n) is 1.63. The van der Waals surface area contributed by atoms with Gasteiger partial charge < -0.3 is 5.11 Å². The monoisotopic (exact) mass is 255 g/mol. The van der Waals surface area contributed by atoms with Gasteiger partial charge in [0.1, 0.15) is 0 Å². The molecule has 0 radical (unpaired) electrons.